The van der Waals surface area contributed by atoms with Gasteiger partial charge >= 0.3 is 0 Å². The Morgan fingerprint density at radius 2 is 1.90 bits per heavy atom. The number of pyridine rings is 1. The van der Waals surface area contributed by atoms with Crippen LogP contribution in [0, 0.1) is 13.8 Å². The second kappa shape index (κ2) is 12.7. The normalized spacial score (nSPS) is 11.5. The molecule has 0 atom stereocenters. The van der Waals surface area contributed by atoms with E-state index in [1.54, 1.807) is 50.4 Å². The maximum absolute atomic E-state index is 14.1. The van der Waals surface area contributed by atoms with E-state index in [1.807, 2.05) is 25.1 Å². The van der Waals surface area contributed by atoms with E-state index in [1.165, 1.54) is 7.11 Å². The van der Waals surface area contributed by atoms with Crippen molar-refractivity contribution in [3.05, 3.63) is 82.3 Å². The number of ether oxygens (including phenoxy) is 2. The van der Waals surface area contributed by atoms with E-state index in [9.17, 15) is 8.42 Å². The standard InChI is InChI=1S/C28H32ClN5O5S/c1-5-38-16-21-14-20(15-32-24-12-13-31-27(29)26(24)30)10-11-22(21)23-8-6-7-9-25(23)40(35,36)34(17-37-4)28-18(2)19(3)39-33-28/h6-14H,5,15-17,30H2,1-4H3,(H,31,32). The predicted molar refractivity (Wildman–Crippen MR) is 156 cm³/mol. The number of methoxy groups -OCH3 is 1. The third kappa shape index (κ3) is 6.07. The van der Waals surface area contributed by atoms with E-state index >= 15 is 0 Å². The number of aryl methyl sites for hydroxylation is 1. The number of aromatic nitrogens is 2. The Morgan fingerprint density at radius 1 is 1.12 bits per heavy atom. The molecule has 2 aromatic heterocycles. The number of hydrogen-bond acceptors (Lipinski definition) is 9. The van der Waals surface area contributed by atoms with Crippen molar-refractivity contribution in [2.45, 2.75) is 38.8 Å². The summed E-state index contributed by atoms with van der Waals surface area (Å²) in [5, 5.41) is 7.51. The summed E-state index contributed by atoms with van der Waals surface area (Å²) in [5.74, 6) is 0.708. The molecule has 2 aromatic carbocycles. The van der Waals surface area contributed by atoms with Gasteiger partial charge in [0.1, 0.15) is 12.5 Å². The number of nitrogen functional groups attached to an aromatic ring is 1. The lowest BCUT2D eigenvalue weighted by atomic mass is 9.97. The van der Waals surface area contributed by atoms with Gasteiger partial charge in [-0.05, 0) is 49.6 Å². The Kier molecular flexibility index (Phi) is 9.31. The summed E-state index contributed by atoms with van der Waals surface area (Å²) in [6, 6.07) is 14.4. The Morgan fingerprint density at radius 3 is 2.60 bits per heavy atom. The average Bonchev–Trinajstić information content (AvgIpc) is 3.28. The fourth-order valence-corrected chi connectivity index (χ4v) is 5.93. The molecule has 0 aliphatic heterocycles. The molecule has 0 aliphatic rings. The highest BCUT2D eigenvalue weighted by Crippen LogP contribution is 2.35. The smallest absolute Gasteiger partial charge is 0.268 e. The van der Waals surface area contributed by atoms with Crippen molar-refractivity contribution < 1.29 is 22.4 Å². The third-order valence-corrected chi connectivity index (χ3v) is 8.49. The summed E-state index contributed by atoms with van der Waals surface area (Å²) in [7, 11) is -2.68. The first kappa shape index (κ1) is 29.3. The van der Waals surface area contributed by atoms with E-state index in [0.29, 0.717) is 48.0 Å². The molecule has 0 fully saturated rings. The maximum atomic E-state index is 14.1. The van der Waals surface area contributed by atoms with E-state index in [-0.39, 0.29) is 22.6 Å². The molecule has 4 rings (SSSR count). The molecule has 4 aromatic rings. The minimum Gasteiger partial charge on any atom is -0.395 e. The number of halogens is 1. The van der Waals surface area contributed by atoms with Crippen molar-refractivity contribution in [3.8, 4) is 11.1 Å². The summed E-state index contributed by atoms with van der Waals surface area (Å²) in [6.45, 7) is 6.40. The number of nitrogens with two attached hydrogens (primary N) is 1. The van der Waals surface area contributed by atoms with Crippen LogP contribution in [0.4, 0.5) is 17.2 Å². The summed E-state index contributed by atoms with van der Waals surface area (Å²) in [4.78, 5) is 4.09. The highest BCUT2D eigenvalue weighted by molar-refractivity contribution is 7.93. The zero-order valence-corrected chi connectivity index (χ0v) is 24.3. The lowest BCUT2D eigenvalue weighted by Crippen LogP contribution is -2.34. The largest absolute Gasteiger partial charge is 0.395 e. The fourth-order valence-electron chi connectivity index (χ4n) is 4.18. The van der Waals surface area contributed by atoms with Gasteiger partial charge in [-0.15, -0.1) is 0 Å². The van der Waals surface area contributed by atoms with Crippen molar-refractivity contribution in [2.75, 3.05) is 35.8 Å². The molecule has 212 valence electrons. The second-order valence-electron chi connectivity index (χ2n) is 9.00. The van der Waals surface area contributed by atoms with Crippen LogP contribution in [-0.4, -0.2) is 39.0 Å². The minimum absolute atomic E-state index is 0.106. The van der Waals surface area contributed by atoms with Crippen molar-refractivity contribution in [2.24, 2.45) is 0 Å². The fraction of sp³-hybridized carbons (Fsp3) is 0.286. The second-order valence-corrected chi connectivity index (χ2v) is 11.2. The average molecular weight is 586 g/mol. The van der Waals surface area contributed by atoms with E-state index < -0.39 is 10.0 Å². The quantitative estimate of drug-likeness (QED) is 0.162. The summed E-state index contributed by atoms with van der Waals surface area (Å²) >= 11 is 6.05. The molecule has 0 aliphatic carbocycles. The van der Waals surface area contributed by atoms with Gasteiger partial charge in [-0.3, -0.25) is 0 Å². The van der Waals surface area contributed by atoms with Crippen LogP contribution in [0.1, 0.15) is 29.4 Å². The molecule has 0 amide bonds. The van der Waals surface area contributed by atoms with Gasteiger partial charge in [0.05, 0.1) is 22.9 Å². The summed E-state index contributed by atoms with van der Waals surface area (Å²) in [6.07, 6.45) is 1.58. The van der Waals surface area contributed by atoms with Gasteiger partial charge in [-0.25, -0.2) is 17.7 Å². The lowest BCUT2D eigenvalue weighted by Gasteiger charge is -2.23. The van der Waals surface area contributed by atoms with Crippen LogP contribution < -0.4 is 15.4 Å². The van der Waals surface area contributed by atoms with Crippen LogP contribution in [0.15, 0.2) is 64.1 Å². The first-order valence-electron chi connectivity index (χ1n) is 12.6. The molecule has 2 heterocycles. The molecule has 0 unspecified atom stereocenters. The Bertz CT molecular complexity index is 1590. The van der Waals surface area contributed by atoms with Gasteiger partial charge in [-0.2, -0.15) is 0 Å². The number of hydrogen-bond donors (Lipinski definition) is 2. The number of benzene rings is 2. The number of nitrogens with one attached hydrogen (secondary N) is 1. The van der Waals surface area contributed by atoms with Crippen LogP contribution >= 0.6 is 11.6 Å². The molecular weight excluding hydrogens is 554 g/mol. The SMILES string of the molecule is CCOCc1cc(CNc2ccnc(Cl)c2N)ccc1-c1ccccc1S(=O)(=O)N(COC)c1noc(C)c1C. The van der Waals surface area contributed by atoms with E-state index in [4.69, 9.17) is 31.3 Å². The molecule has 0 saturated carbocycles. The Hall–Kier alpha value is -3.64. The highest BCUT2D eigenvalue weighted by Gasteiger charge is 2.32. The van der Waals surface area contributed by atoms with Gasteiger partial charge in [0.25, 0.3) is 10.0 Å². The number of sulfonamides is 1. The van der Waals surface area contributed by atoms with Gasteiger partial charge in [0, 0.05) is 37.6 Å². The highest BCUT2D eigenvalue weighted by atomic mass is 35.5. The van der Waals surface area contributed by atoms with Crippen molar-refractivity contribution in [1.29, 1.82) is 0 Å². The number of rotatable bonds is 12. The van der Waals surface area contributed by atoms with Gasteiger partial charge in [0.2, 0.25) is 0 Å². The first-order valence-corrected chi connectivity index (χ1v) is 14.4. The Labute approximate surface area is 239 Å². The van der Waals surface area contributed by atoms with Crippen molar-refractivity contribution in [1.82, 2.24) is 10.1 Å². The van der Waals surface area contributed by atoms with Crippen molar-refractivity contribution in [3.63, 3.8) is 0 Å². The molecule has 0 saturated heterocycles. The molecule has 0 radical (unpaired) electrons. The number of anilines is 3. The third-order valence-electron chi connectivity index (χ3n) is 6.42. The van der Waals surface area contributed by atoms with Crippen LogP contribution in [-0.2, 0) is 32.6 Å². The molecule has 0 spiro atoms. The first-order chi connectivity index (χ1) is 19.2. The molecular formula is C28H32ClN5O5S. The van der Waals surface area contributed by atoms with Crippen LogP contribution in [0.2, 0.25) is 5.15 Å². The molecule has 3 N–H and O–H groups in total. The molecule has 10 nitrogen and oxygen atoms in total. The van der Waals surface area contributed by atoms with Gasteiger partial charge in [-0.1, -0.05) is 53.2 Å². The lowest BCUT2D eigenvalue weighted by molar-refractivity contribution is 0.134. The van der Waals surface area contributed by atoms with Crippen LogP contribution in [0.3, 0.4) is 0 Å². The Balaban J connectivity index is 1.75. The van der Waals surface area contributed by atoms with Crippen molar-refractivity contribution >= 4 is 38.8 Å². The van der Waals surface area contributed by atoms with Gasteiger partial charge in [0.15, 0.2) is 11.0 Å². The zero-order valence-electron chi connectivity index (χ0n) is 22.8. The summed E-state index contributed by atoms with van der Waals surface area (Å²) < 4.78 is 45.6. The van der Waals surface area contributed by atoms with E-state index in [0.717, 1.165) is 21.0 Å². The van der Waals surface area contributed by atoms with Gasteiger partial charge < -0.3 is 25.0 Å². The predicted octanol–water partition coefficient (Wildman–Crippen LogP) is 5.54. The monoisotopic (exact) mass is 585 g/mol. The van der Waals surface area contributed by atoms with E-state index in [2.05, 4.69) is 15.5 Å². The van der Waals surface area contributed by atoms with Crippen LogP contribution in [0.25, 0.3) is 11.1 Å². The minimum atomic E-state index is -4.11. The zero-order chi connectivity index (χ0) is 28.9. The summed E-state index contributed by atoms with van der Waals surface area (Å²) in [5.41, 5.74) is 10.7. The molecule has 40 heavy (non-hydrogen) atoms. The molecule has 12 heteroatoms. The number of nitrogens with zero attached hydrogens (tertiary/aromatic N) is 3. The van der Waals surface area contributed by atoms with Crippen LogP contribution in [0.5, 0.6) is 0 Å². The molecule has 0 bridgehead atoms. The maximum Gasteiger partial charge on any atom is 0.268 e. The topological polar surface area (TPSA) is 133 Å².